The minimum absolute atomic E-state index is 0.0138. The molecule has 1 aliphatic carbocycles. The summed E-state index contributed by atoms with van der Waals surface area (Å²) in [6.07, 6.45) is 2.73. The van der Waals surface area contributed by atoms with Gasteiger partial charge in [0, 0.05) is 26.1 Å². The highest BCUT2D eigenvalue weighted by Gasteiger charge is 2.32. The van der Waals surface area contributed by atoms with Gasteiger partial charge in [-0.3, -0.25) is 4.79 Å². The zero-order valence-electron chi connectivity index (χ0n) is 13.1. The molecule has 7 nitrogen and oxygen atoms in total. The summed E-state index contributed by atoms with van der Waals surface area (Å²) in [5, 5.41) is 3.27. The first-order valence-electron chi connectivity index (χ1n) is 7.37. The fraction of sp³-hybridized carbons (Fsp3) is 0.714. The summed E-state index contributed by atoms with van der Waals surface area (Å²) in [6.45, 7) is 4.08. The summed E-state index contributed by atoms with van der Waals surface area (Å²) in [5.41, 5.74) is 5.46. The molecule has 0 radical (unpaired) electrons. The molecule has 2 rings (SSSR count). The predicted octanol–water partition coefficient (Wildman–Crippen LogP) is 1.13. The molecule has 116 valence electrons. The minimum Gasteiger partial charge on any atom is -0.369 e. The molecule has 2 atom stereocenters. The maximum Gasteiger partial charge on any atom is 0.229 e. The zero-order chi connectivity index (χ0) is 15.6. The summed E-state index contributed by atoms with van der Waals surface area (Å²) in [4.78, 5) is 26.6. The number of aromatic nitrogens is 3. The van der Waals surface area contributed by atoms with Crippen molar-refractivity contribution in [3.05, 3.63) is 5.82 Å². The molecule has 0 bridgehead atoms. The summed E-state index contributed by atoms with van der Waals surface area (Å²) >= 11 is 0. The van der Waals surface area contributed by atoms with Crippen LogP contribution in [0.3, 0.4) is 0 Å². The molecule has 1 saturated carbocycles. The van der Waals surface area contributed by atoms with E-state index >= 15 is 0 Å². The van der Waals surface area contributed by atoms with Crippen molar-refractivity contribution < 1.29 is 4.79 Å². The Morgan fingerprint density at radius 1 is 1.29 bits per heavy atom. The quantitative estimate of drug-likeness (QED) is 0.844. The van der Waals surface area contributed by atoms with Crippen LogP contribution in [-0.4, -0.2) is 41.0 Å². The van der Waals surface area contributed by atoms with E-state index in [9.17, 15) is 4.79 Å². The Balaban J connectivity index is 2.24. The van der Waals surface area contributed by atoms with Crippen LogP contribution in [0.4, 0.5) is 11.9 Å². The molecule has 0 aromatic carbocycles. The van der Waals surface area contributed by atoms with Crippen molar-refractivity contribution in [1.82, 2.24) is 15.0 Å². The highest BCUT2D eigenvalue weighted by Crippen LogP contribution is 2.28. The van der Waals surface area contributed by atoms with E-state index in [1.54, 1.807) is 0 Å². The van der Waals surface area contributed by atoms with Gasteiger partial charge in [0.15, 0.2) is 0 Å². The number of hydrogen-bond acceptors (Lipinski definition) is 6. The first-order valence-corrected chi connectivity index (χ1v) is 7.37. The van der Waals surface area contributed by atoms with Gasteiger partial charge in [-0.1, -0.05) is 20.3 Å². The van der Waals surface area contributed by atoms with Crippen LogP contribution < -0.4 is 16.0 Å². The standard InChI is InChI=1S/C14H24N6O/c1-8(2)12-17-13(19-14(18-12)20(3)4)16-10-7-5-6-9(10)11(15)21/h8-10H,5-7H2,1-4H3,(H2,15,21)(H,16,17,18,19). The lowest BCUT2D eigenvalue weighted by atomic mass is 10.0. The third-order valence-electron chi connectivity index (χ3n) is 3.75. The van der Waals surface area contributed by atoms with Crippen molar-refractivity contribution in [3.63, 3.8) is 0 Å². The summed E-state index contributed by atoms with van der Waals surface area (Å²) in [7, 11) is 3.79. The van der Waals surface area contributed by atoms with Crippen LogP contribution >= 0.6 is 0 Å². The van der Waals surface area contributed by atoms with Gasteiger partial charge >= 0.3 is 0 Å². The number of amides is 1. The second kappa shape index (κ2) is 6.24. The number of nitrogens with one attached hydrogen (secondary N) is 1. The molecule has 1 aliphatic rings. The van der Waals surface area contributed by atoms with Crippen LogP contribution in [0, 0.1) is 5.92 Å². The van der Waals surface area contributed by atoms with Crippen molar-refractivity contribution in [2.75, 3.05) is 24.3 Å². The number of carbonyl (C=O) groups excluding carboxylic acids is 1. The van der Waals surface area contributed by atoms with E-state index in [0.29, 0.717) is 11.9 Å². The minimum atomic E-state index is -0.254. The topological polar surface area (TPSA) is 97.0 Å². The van der Waals surface area contributed by atoms with Crippen LogP contribution in [0.25, 0.3) is 0 Å². The highest BCUT2D eigenvalue weighted by atomic mass is 16.1. The lowest BCUT2D eigenvalue weighted by Crippen LogP contribution is -2.35. The first-order chi connectivity index (χ1) is 9.88. The maximum atomic E-state index is 11.5. The lowest BCUT2D eigenvalue weighted by molar-refractivity contribution is -0.121. The Labute approximate surface area is 125 Å². The normalized spacial score (nSPS) is 21.6. The van der Waals surface area contributed by atoms with Crippen molar-refractivity contribution in [2.45, 2.75) is 45.1 Å². The number of rotatable bonds is 5. The summed E-state index contributed by atoms with van der Waals surface area (Å²) in [6, 6.07) is 0.0138. The van der Waals surface area contributed by atoms with E-state index in [4.69, 9.17) is 5.73 Å². The van der Waals surface area contributed by atoms with E-state index in [2.05, 4.69) is 20.3 Å². The molecule has 7 heteroatoms. The monoisotopic (exact) mass is 292 g/mol. The SMILES string of the molecule is CC(C)c1nc(NC2CCCC2C(N)=O)nc(N(C)C)n1. The molecule has 1 heterocycles. The van der Waals surface area contributed by atoms with Gasteiger partial charge in [-0.2, -0.15) is 15.0 Å². The number of nitrogens with zero attached hydrogens (tertiary/aromatic N) is 4. The molecule has 1 aromatic heterocycles. The van der Waals surface area contributed by atoms with Gasteiger partial charge in [-0.25, -0.2) is 0 Å². The molecular weight excluding hydrogens is 268 g/mol. The fourth-order valence-corrected chi connectivity index (χ4v) is 2.54. The van der Waals surface area contributed by atoms with Crippen LogP contribution in [0.5, 0.6) is 0 Å². The molecule has 1 fully saturated rings. The van der Waals surface area contributed by atoms with Crippen molar-refractivity contribution in [1.29, 1.82) is 0 Å². The van der Waals surface area contributed by atoms with Gasteiger partial charge < -0.3 is 16.0 Å². The van der Waals surface area contributed by atoms with Crippen molar-refractivity contribution in [2.24, 2.45) is 11.7 Å². The Kier molecular flexibility index (Phi) is 4.59. The van der Waals surface area contributed by atoms with Gasteiger partial charge in [0.2, 0.25) is 17.8 Å². The largest absolute Gasteiger partial charge is 0.369 e. The average molecular weight is 292 g/mol. The number of primary amides is 1. The van der Waals surface area contributed by atoms with Crippen molar-refractivity contribution >= 4 is 17.8 Å². The molecule has 0 spiro atoms. The van der Waals surface area contributed by atoms with E-state index < -0.39 is 0 Å². The van der Waals surface area contributed by atoms with Gasteiger partial charge in [-0.05, 0) is 12.8 Å². The highest BCUT2D eigenvalue weighted by molar-refractivity contribution is 5.78. The maximum absolute atomic E-state index is 11.5. The molecular formula is C14H24N6O. The number of hydrogen-bond donors (Lipinski definition) is 2. The second-order valence-corrected chi connectivity index (χ2v) is 6.06. The molecule has 21 heavy (non-hydrogen) atoms. The molecule has 2 unspecified atom stereocenters. The third-order valence-corrected chi connectivity index (χ3v) is 3.75. The van der Waals surface area contributed by atoms with E-state index in [1.807, 2.05) is 32.8 Å². The smallest absolute Gasteiger partial charge is 0.229 e. The zero-order valence-corrected chi connectivity index (χ0v) is 13.1. The molecule has 0 saturated heterocycles. The Bertz CT molecular complexity index is 490. The molecule has 1 aromatic rings. The molecule has 3 N–H and O–H groups in total. The molecule has 0 aliphatic heterocycles. The summed E-state index contributed by atoms with van der Waals surface area (Å²) < 4.78 is 0. The predicted molar refractivity (Wildman–Crippen MR) is 82.2 cm³/mol. The fourth-order valence-electron chi connectivity index (χ4n) is 2.54. The second-order valence-electron chi connectivity index (χ2n) is 6.06. The Morgan fingerprint density at radius 3 is 2.57 bits per heavy atom. The number of anilines is 2. The van der Waals surface area contributed by atoms with Crippen LogP contribution in [0.15, 0.2) is 0 Å². The van der Waals surface area contributed by atoms with E-state index in [1.165, 1.54) is 0 Å². The van der Waals surface area contributed by atoms with E-state index in [0.717, 1.165) is 25.1 Å². The van der Waals surface area contributed by atoms with Gasteiger partial charge in [0.25, 0.3) is 0 Å². The number of carbonyl (C=O) groups is 1. The number of nitrogens with two attached hydrogens (primary N) is 1. The Morgan fingerprint density at radius 2 is 2.00 bits per heavy atom. The van der Waals surface area contributed by atoms with Crippen molar-refractivity contribution in [3.8, 4) is 0 Å². The van der Waals surface area contributed by atoms with Gasteiger partial charge in [0.05, 0.1) is 5.92 Å². The lowest BCUT2D eigenvalue weighted by Gasteiger charge is -2.20. The first kappa shape index (κ1) is 15.5. The van der Waals surface area contributed by atoms with Crippen LogP contribution in [0.2, 0.25) is 0 Å². The Hall–Kier alpha value is -1.92. The van der Waals surface area contributed by atoms with Gasteiger partial charge in [0.1, 0.15) is 5.82 Å². The van der Waals surface area contributed by atoms with Crippen LogP contribution in [0.1, 0.15) is 44.9 Å². The van der Waals surface area contributed by atoms with Gasteiger partial charge in [-0.15, -0.1) is 0 Å². The average Bonchev–Trinajstić information content (AvgIpc) is 2.86. The van der Waals surface area contributed by atoms with Crippen LogP contribution in [-0.2, 0) is 4.79 Å². The summed E-state index contributed by atoms with van der Waals surface area (Å²) in [5.74, 6) is 1.69. The molecule has 1 amide bonds. The van der Waals surface area contributed by atoms with E-state index in [-0.39, 0.29) is 23.8 Å². The third kappa shape index (κ3) is 3.59.